The van der Waals surface area contributed by atoms with Crippen LogP contribution >= 0.6 is 0 Å². The van der Waals surface area contributed by atoms with E-state index in [4.69, 9.17) is 10.5 Å². The number of hydrogen-bond donors (Lipinski definition) is 1. The Morgan fingerprint density at radius 1 is 1.12 bits per heavy atom. The quantitative estimate of drug-likeness (QED) is 0.765. The predicted octanol–water partition coefficient (Wildman–Crippen LogP) is 3.03. The number of nitrogens with one attached hydrogen (secondary N) is 1. The SMILES string of the molecule is CCCCCNc1ccc(C#N)c(C#N)c1. The zero-order valence-corrected chi connectivity index (χ0v) is 9.45. The summed E-state index contributed by atoms with van der Waals surface area (Å²) in [6, 6.07) is 9.27. The third kappa shape index (κ3) is 3.29. The zero-order chi connectivity index (χ0) is 11.8. The van der Waals surface area contributed by atoms with Crippen LogP contribution in [0.4, 0.5) is 5.69 Å². The second-order valence-corrected chi connectivity index (χ2v) is 3.62. The lowest BCUT2D eigenvalue weighted by atomic mass is 10.1. The molecule has 0 saturated heterocycles. The molecule has 1 N–H and O–H groups in total. The molecule has 1 aromatic carbocycles. The number of benzene rings is 1. The summed E-state index contributed by atoms with van der Waals surface area (Å²) in [6.07, 6.45) is 3.52. The molecule has 3 heteroatoms. The van der Waals surface area contributed by atoms with E-state index in [1.807, 2.05) is 18.2 Å². The Morgan fingerprint density at radius 3 is 2.50 bits per heavy atom. The molecule has 0 aliphatic carbocycles. The van der Waals surface area contributed by atoms with Crippen molar-refractivity contribution in [2.24, 2.45) is 0 Å². The average Bonchev–Trinajstić information content (AvgIpc) is 2.34. The molecule has 0 unspecified atom stereocenters. The lowest BCUT2D eigenvalue weighted by Gasteiger charge is -2.06. The number of rotatable bonds is 5. The largest absolute Gasteiger partial charge is 0.385 e. The molecule has 82 valence electrons. The smallest absolute Gasteiger partial charge is 0.101 e. The Morgan fingerprint density at radius 2 is 1.88 bits per heavy atom. The summed E-state index contributed by atoms with van der Waals surface area (Å²) < 4.78 is 0. The van der Waals surface area contributed by atoms with Crippen LogP contribution in [-0.2, 0) is 0 Å². The molecule has 0 spiro atoms. The number of anilines is 1. The third-order valence-electron chi connectivity index (χ3n) is 2.37. The molecule has 0 atom stereocenters. The maximum atomic E-state index is 8.85. The molecule has 0 bridgehead atoms. The van der Waals surface area contributed by atoms with Gasteiger partial charge in [0, 0.05) is 12.2 Å². The van der Waals surface area contributed by atoms with Crippen LogP contribution < -0.4 is 5.32 Å². The topological polar surface area (TPSA) is 59.6 Å². The summed E-state index contributed by atoms with van der Waals surface area (Å²) in [5.74, 6) is 0. The van der Waals surface area contributed by atoms with Gasteiger partial charge in [0.25, 0.3) is 0 Å². The van der Waals surface area contributed by atoms with E-state index in [0.717, 1.165) is 18.7 Å². The van der Waals surface area contributed by atoms with E-state index < -0.39 is 0 Å². The summed E-state index contributed by atoms with van der Waals surface area (Å²) in [7, 11) is 0. The van der Waals surface area contributed by atoms with Crippen LogP contribution in [0.3, 0.4) is 0 Å². The van der Waals surface area contributed by atoms with Gasteiger partial charge in [0.2, 0.25) is 0 Å². The van der Waals surface area contributed by atoms with Crippen molar-refractivity contribution < 1.29 is 0 Å². The minimum atomic E-state index is 0.432. The van der Waals surface area contributed by atoms with Crippen LogP contribution in [0.15, 0.2) is 18.2 Å². The van der Waals surface area contributed by atoms with E-state index in [9.17, 15) is 0 Å². The maximum absolute atomic E-state index is 8.85. The molecule has 1 aromatic rings. The minimum absolute atomic E-state index is 0.432. The van der Waals surface area contributed by atoms with Crippen LogP contribution in [0.2, 0.25) is 0 Å². The Bertz CT molecular complexity index is 424. The van der Waals surface area contributed by atoms with Gasteiger partial charge in [-0.3, -0.25) is 0 Å². The molecule has 0 saturated carbocycles. The van der Waals surface area contributed by atoms with Gasteiger partial charge in [-0.1, -0.05) is 19.8 Å². The van der Waals surface area contributed by atoms with E-state index >= 15 is 0 Å². The zero-order valence-electron chi connectivity index (χ0n) is 9.45. The van der Waals surface area contributed by atoms with Gasteiger partial charge >= 0.3 is 0 Å². The van der Waals surface area contributed by atoms with Gasteiger partial charge in [-0.2, -0.15) is 10.5 Å². The Hall–Kier alpha value is -2.00. The van der Waals surface area contributed by atoms with E-state index in [1.165, 1.54) is 12.8 Å². The number of unbranched alkanes of at least 4 members (excludes halogenated alkanes) is 2. The standard InChI is InChI=1S/C13H15N3/c1-2-3-4-7-16-13-6-5-11(9-14)12(8-13)10-15/h5-6,8,16H,2-4,7H2,1H3. The summed E-state index contributed by atoms with van der Waals surface area (Å²) >= 11 is 0. The average molecular weight is 213 g/mol. The van der Waals surface area contributed by atoms with Crippen molar-refractivity contribution in [3.8, 4) is 12.1 Å². The molecule has 0 fully saturated rings. The van der Waals surface area contributed by atoms with Crippen molar-refractivity contribution in [3.05, 3.63) is 29.3 Å². The highest BCUT2D eigenvalue weighted by Crippen LogP contribution is 2.14. The fourth-order valence-electron chi connectivity index (χ4n) is 1.45. The van der Waals surface area contributed by atoms with Gasteiger partial charge in [0.05, 0.1) is 11.1 Å². The predicted molar refractivity (Wildman–Crippen MR) is 63.9 cm³/mol. The fraction of sp³-hybridized carbons (Fsp3) is 0.385. The van der Waals surface area contributed by atoms with E-state index in [1.54, 1.807) is 12.1 Å². The molecular weight excluding hydrogens is 198 g/mol. The van der Waals surface area contributed by atoms with Crippen LogP contribution in [0.1, 0.15) is 37.3 Å². The van der Waals surface area contributed by atoms with Gasteiger partial charge in [-0.15, -0.1) is 0 Å². The molecule has 0 aliphatic heterocycles. The first kappa shape index (κ1) is 12.1. The molecule has 0 aliphatic rings. The van der Waals surface area contributed by atoms with Crippen molar-refractivity contribution in [1.82, 2.24) is 0 Å². The van der Waals surface area contributed by atoms with E-state index in [2.05, 4.69) is 12.2 Å². The summed E-state index contributed by atoms with van der Waals surface area (Å²) in [5, 5.41) is 20.9. The Balaban J connectivity index is 2.63. The summed E-state index contributed by atoms with van der Waals surface area (Å²) in [5.41, 5.74) is 1.77. The highest BCUT2D eigenvalue weighted by Gasteiger charge is 2.01. The molecule has 1 rings (SSSR count). The van der Waals surface area contributed by atoms with Crippen molar-refractivity contribution in [1.29, 1.82) is 10.5 Å². The first-order valence-electron chi connectivity index (χ1n) is 5.50. The molecule has 3 nitrogen and oxygen atoms in total. The Kier molecular flexibility index (Phi) is 4.89. The third-order valence-corrected chi connectivity index (χ3v) is 2.37. The molecular formula is C13H15N3. The van der Waals surface area contributed by atoms with Crippen LogP contribution in [0.5, 0.6) is 0 Å². The van der Waals surface area contributed by atoms with Crippen molar-refractivity contribution >= 4 is 5.69 Å². The molecule has 0 radical (unpaired) electrons. The lowest BCUT2D eigenvalue weighted by molar-refractivity contribution is 0.744. The van der Waals surface area contributed by atoms with Crippen molar-refractivity contribution in [3.63, 3.8) is 0 Å². The molecule has 0 heterocycles. The number of hydrogen-bond acceptors (Lipinski definition) is 3. The second-order valence-electron chi connectivity index (χ2n) is 3.62. The highest BCUT2D eigenvalue weighted by atomic mass is 14.9. The fourth-order valence-corrected chi connectivity index (χ4v) is 1.45. The summed E-state index contributed by atoms with van der Waals surface area (Å²) in [6.45, 7) is 3.07. The lowest BCUT2D eigenvalue weighted by Crippen LogP contribution is -2.01. The van der Waals surface area contributed by atoms with Crippen molar-refractivity contribution in [2.45, 2.75) is 26.2 Å². The van der Waals surface area contributed by atoms with Crippen LogP contribution in [-0.4, -0.2) is 6.54 Å². The van der Waals surface area contributed by atoms with Gasteiger partial charge in [-0.25, -0.2) is 0 Å². The normalized spacial score (nSPS) is 9.19. The van der Waals surface area contributed by atoms with Gasteiger partial charge in [-0.05, 0) is 24.6 Å². The monoisotopic (exact) mass is 213 g/mol. The number of nitrogens with zero attached hydrogens (tertiary/aromatic N) is 2. The minimum Gasteiger partial charge on any atom is -0.385 e. The Labute approximate surface area is 96.3 Å². The molecule has 16 heavy (non-hydrogen) atoms. The first-order valence-corrected chi connectivity index (χ1v) is 5.50. The molecule has 0 amide bonds. The van der Waals surface area contributed by atoms with Gasteiger partial charge in [0.1, 0.15) is 12.1 Å². The maximum Gasteiger partial charge on any atom is 0.101 e. The van der Waals surface area contributed by atoms with Crippen LogP contribution in [0.25, 0.3) is 0 Å². The van der Waals surface area contributed by atoms with Gasteiger partial charge < -0.3 is 5.32 Å². The van der Waals surface area contributed by atoms with E-state index in [-0.39, 0.29) is 0 Å². The first-order chi connectivity index (χ1) is 7.81. The van der Waals surface area contributed by atoms with Crippen LogP contribution in [0, 0.1) is 22.7 Å². The summed E-state index contributed by atoms with van der Waals surface area (Å²) in [4.78, 5) is 0. The van der Waals surface area contributed by atoms with Crippen molar-refractivity contribution in [2.75, 3.05) is 11.9 Å². The second kappa shape index (κ2) is 6.48. The molecule has 0 aromatic heterocycles. The van der Waals surface area contributed by atoms with Gasteiger partial charge in [0.15, 0.2) is 0 Å². The van der Waals surface area contributed by atoms with E-state index in [0.29, 0.717) is 11.1 Å². The number of nitriles is 2. The highest BCUT2D eigenvalue weighted by molar-refractivity contribution is 5.56.